The Morgan fingerprint density at radius 3 is 2.69 bits per heavy atom. The molecule has 7 heteroatoms. The number of ether oxygens (including phenoxy) is 1. The third kappa shape index (κ3) is 5.02. The van der Waals surface area contributed by atoms with Crippen LogP contribution in [0.2, 0.25) is 0 Å². The molecule has 0 spiro atoms. The molecule has 0 aliphatic carbocycles. The van der Waals surface area contributed by atoms with Crippen molar-refractivity contribution in [3.8, 4) is 18.1 Å². The average molecular weight is 389 g/mol. The van der Waals surface area contributed by atoms with E-state index in [1.807, 2.05) is 19.1 Å². The predicted octanol–water partition coefficient (Wildman–Crippen LogP) is 2.54. The van der Waals surface area contributed by atoms with Crippen molar-refractivity contribution < 1.29 is 19.1 Å². The molecular formula is C22H19N3O4. The van der Waals surface area contributed by atoms with Gasteiger partial charge in [-0.15, -0.1) is 6.42 Å². The summed E-state index contributed by atoms with van der Waals surface area (Å²) in [6.07, 6.45) is 6.68. The summed E-state index contributed by atoms with van der Waals surface area (Å²) in [5.74, 6) is 1.94. The third-order valence-electron chi connectivity index (χ3n) is 4.08. The molecule has 1 saturated heterocycles. The van der Waals surface area contributed by atoms with E-state index >= 15 is 0 Å². The summed E-state index contributed by atoms with van der Waals surface area (Å²) in [6.45, 7) is 1.68. The first-order valence-electron chi connectivity index (χ1n) is 8.83. The minimum atomic E-state index is -0.644. The van der Waals surface area contributed by atoms with E-state index in [2.05, 4.69) is 16.6 Å². The van der Waals surface area contributed by atoms with Gasteiger partial charge in [0.25, 0.3) is 5.91 Å². The molecule has 0 radical (unpaired) electrons. The maximum atomic E-state index is 12.5. The lowest BCUT2D eigenvalue weighted by Gasteiger charge is -2.12. The van der Waals surface area contributed by atoms with Gasteiger partial charge < -0.3 is 15.4 Å². The van der Waals surface area contributed by atoms with Crippen molar-refractivity contribution in [1.29, 1.82) is 0 Å². The fourth-order valence-corrected chi connectivity index (χ4v) is 2.73. The number of carbonyl (C=O) groups excluding carboxylic acids is 3. The van der Waals surface area contributed by atoms with Gasteiger partial charge in [0.05, 0.1) is 0 Å². The molecular weight excluding hydrogens is 370 g/mol. The van der Waals surface area contributed by atoms with Crippen LogP contribution >= 0.6 is 0 Å². The summed E-state index contributed by atoms with van der Waals surface area (Å²) in [5, 5.41) is 5.17. The lowest BCUT2D eigenvalue weighted by Crippen LogP contribution is -2.38. The van der Waals surface area contributed by atoms with Gasteiger partial charge in [-0.3, -0.25) is 9.59 Å². The largest absolute Gasteiger partial charge is 0.481 e. The van der Waals surface area contributed by atoms with Crippen molar-refractivity contribution in [1.82, 2.24) is 10.2 Å². The number of hydrogen-bond donors (Lipinski definition) is 2. The molecule has 3 rings (SSSR count). The van der Waals surface area contributed by atoms with Crippen molar-refractivity contribution in [2.75, 3.05) is 18.5 Å². The molecule has 29 heavy (non-hydrogen) atoms. The molecule has 0 atom stereocenters. The molecule has 2 N–H and O–H groups in total. The molecule has 0 saturated carbocycles. The summed E-state index contributed by atoms with van der Waals surface area (Å²) in [5.41, 5.74) is 2.37. The minimum Gasteiger partial charge on any atom is -0.481 e. The maximum absolute atomic E-state index is 12.5. The molecule has 1 heterocycles. The van der Waals surface area contributed by atoms with E-state index in [-0.39, 0.29) is 18.8 Å². The molecule has 0 unspecified atom stereocenters. The van der Waals surface area contributed by atoms with Crippen molar-refractivity contribution in [3.63, 3.8) is 0 Å². The first kappa shape index (κ1) is 19.7. The molecule has 2 aromatic carbocycles. The number of anilines is 1. The van der Waals surface area contributed by atoms with Crippen LogP contribution in [0.3, 0.4) is 0 Å². The number of terminal acetylenes is 1. The van der Waals surface area contributed by atoms with Crippen LogP contribution < -0.4 is 15.4 Å². The van der Waals surface area contributed by atoms with Gasteiger partial charge in [-0.05, 0) is 48.4 Å². The Morgan fingerprint density at radius 1 is 1.24 bits per heavy atom. The van der Waals surface area contributed by atoms with Crippen LogP contribution in [-0.4, -0.2) is 35.9 Å². The molecule has 7 nitrogen and oxygen atoms in total. The van der Waals surface area contributed by atoms with Crippen LogP contribution in [0, 0.1) is 19.3 Å². The second-order valence-electron chi connectivity index (χ2n) is 6.36. The number of carbonyl (C=O) groups is 3. The minimum absolute atomic E-state index is 0.0932. The number of benzene rings is 2. The Labute approximate surface area is 168 Å². The number of rotatable bonds is 6. The number of urea groups is 1. The van der Waals surface area contributed by atoms with Crippen LogP contribution in [0.4, 0.5) is 10.5 Å². The van der Waals surface area contributed by atoms with E-state index in [0.717, 1.165) is 10.5 Å². The molecule has 0 aromatic heterocycles. The van der Waals surface area contributed by atoms with Gasteiger partial charge in [0, 0.05) is 5.69 Å². The molecule has 1 fully saturated rings. The van der Waals surface area contributed by atoms with Crippen LogP contribution in [0.25, 0.3) is 6.08 Å². The van der Waals surface area contributed by atoms with Gasteiger partial charge in [0.15, 0.2) is 0 Å². The molecule has 1 aliphatic heterocycles. The molecule has 146 valence electrons. The van der Waals surface area contributed by atoms with Crippen molar-refractivity contribution in [3.05, 3.63) is 65.4 Å². The summed E-state index contributed by atoms with van der Waals surface area (Å²) in [6, 6.07) is 13.5. The zero-order valence-electron chi connectivity index (χ0n) is 15.8. The highest BCUT2D eigenvalue weighted by molar-refractivity contribution is 6.15. The number of imide groups is 1. The summed E-state index contributed by atoms with van der Waals surface area (Å²) in [7, 11) is 0. The Bertz CT molecular complexity index is 1020. The molecule has 2 aromatic rings. The lowest BCUT2D eigenvalue weighted by molar-refractivity contribution is -0.127. The van der Waals surface area contributed by atoms with E-state index in [0.29, 0.717) is 17.0 Å². The molecule has 0 bridgehead atoms. The van der Waals surface area contributed by atoms with Gasteiger partial charge >= 0.3 is 6.03 Å². The van der Waals surface area contributed by atoms with Gasteiger partial charge in [0.1, 0.15) is 24.6 Å². The first-order chi connectivity index (χ1) is 14.0. The second kappa shape index (κ2) is 8.76. The number of nitrogens with zero attached hydrogens (tertiary/aromatic N) is 1. The monoisotopic (exact) mass is 389 g/mol. The Balaban J connectivity index is 1.65. The average Bonchev–Trinajstić information content (AvgIpc) is 2.95. The second-order valence-corrected chi connectivity index (χ2v) is 6.36. The summed E-state index contributed by atoms with van der Waals surface area (Å²) < 4.78 is 5.29. The number of amides is 4. The standard InChI is InChI=1S/C22H19N3O4/c1-3-11-29-18-9-7-16(8-10-18)13-19-21(27)25(22(28)24-19)14-20(26)23-17-6-4-5-15(2)12-17/h1,4-10,12-13H,11,14H2,2H3,(H,23,26)(H,24,28)/b19-13+. The zero-order valence-corrected chi connectivity index (χ0v) is 15.8. The fraction of sp³-hybridized carbons (Fsp3) is 0.136. The topological polar surface area (TPSA) is 87.7 Å². The maximum Gasteiger partial charge on any atom is 0.329 e. The SMILES string of the molecule is C#CCOc1ccc(/C=C2/NC(=O)N(CC(=O)Nc3cccc(C)c3)C2=O)cc1. The number of nitrogens with one attached hydrogen (secondary N) is 2. The lowest BCUT2D eigenvalue weighted by atomic mass is 10.2. The predicted molar refractivity (Wildman–Crippen MR) is 109 cm³/mol. The Morgan fingerprint density at radius 2 is 2.00 bits per heavy atom. The molecule has 4 amide bonds. The molecule has 1 aliphatic rings. The van der Waals surface area contributed by atoms with Gasteiger partial charge in [-0.25, -0.2) is 9.69 Å². The Hall–Kier alpha value is -4.05. The highest BCUT2D eigenvalue weighted by atomic mass is 16.5. The van der Waals surface area contributed by atoms with Crippen molar-refractivity contribution in [2.45, 2.75) is 6.92 Å². The van der Waals surface area contributed by atoms with Crippen molar-refractivity contribution in [2.24, 2.45) is 0 Å². The van der Waals surface area contributed by atoms with Crippen LogP contribution in [0.1, 0.15) is 11.1 Å². The fourth-order valence-electron chi connectivity index (χ4n) is 2.73. The zero-order chi connectivity index (χ0) is 20.8. The number of aryl methyl sites for hydroxylation is 1. The van der Waals surface area contributed by atoms with Crippen LogP contribution in [-0.2, 0) is 9.59 Å². The van der Waals surface area contributed by atoms with E-state index in [1.54, 1.807) is 36.4 Å². The van der Waals surface area contributed by atoms with Crippen LogP contribution in [0.5, 0.6) is 5.75 Å². The van der Waals surface area contributed by atoms with Gasteiger partial charge in [-0.2, -0.15) is 0 Å². The highest BCUT2D eigenvalue weighted by Gasteiger charge is 2.34. The summed E-state index contributed by atoms with van der Waals surface area (Å²) >= 11 is 0. The number of hydrogen-bond acceptors (Lipinski definition) is 4. The van der Waals surface area contributed by atoms with Crippen LogP contribution in [0.15, 0.2) is 54.2 Å². The summed E-state index contributed by atoms with van der Waals surface area (Å²) in [4.78, 5) is 37.7. The first-order valence-corrected chi connectivity index (χ1v) is 8.83. The quantitative estimate of drug-likeness (QED) is 0.452. The smallest absolute Gasteiger partial charge is 0.329 e. The normalized spacial score (nSPS) is 14.5. The Kier molecular flexibility index (Phi) is 5.95. The van der Waals surface area contributed by atoms with E-state index < -0.39 is 17.8 Å². The highest BCUT2D eigenvalue weighted by Crippen LogP contribution is 2.17. The van der Waals surface area contributed by atoms with E-state index in [1.165, 1.54) is 6.08 Å². The van der Waals surface area contributed by atoms with E-state index in [4.69, 9.17) is 11.2 Å². The third-order valence-corrected chi connectivity index (χ3v) is 4.08. The van der Waals surface area contributed by atoms with Gasteiger partial charge in [0.2, 0.25) is 5.91 Å². The van der Waals surface area contributed by atoms with Gasteiger partial charge in [-0.1, -0.05) is 30.2 Å². The van der Waals surface area contributed by atoms with E-state index in [9.17, 15) is 14.4 Å². The van der Waals surface area contributed by atoms with Crippen molar-refractivity contribution >= 4 is 29.6 Å².